The first-order valence-electron chi connectivity index (χ1n) is 10.7. The number of hydrogen-bond acceptors (Lipinski definition) is 4. The topological polar surface area (TPSA) is 71.2 Å². The highest BCUT2D eigenvalue weighted by molar-refractivity contribution is 5.97. The molecule has 2 heterocycles. The second-order valence-electron chi connectivity index (χ2n) is 8.00. The van der Waals surface area contributed by atoms with Crippen LogP contribution in [0, 0.1) is 0 Å². The lowest BCUT2D eigenvalue weighted by atomic mass is 10.1. The average Bonchev–Trinajstić information content (AvgIpc) is 3.01. The third-order valence-electron chi connectivity index (χ3n) is 5.65. The number of amidine groups is 1. The van der Waals surface area contributed by atoms with E-state index in [9.17, 15) is 4.79 Å². The minimum absolute atomic E-state index is 0.00250. The lowest BCUT2D eigenvalue weighted by Gasteiger charge is -2.26. The fourth-order valence-corrected chi connectivity index (χ4v) is 3.99. The molecule has 3 rings (SSSR count). The number of hydrogen-bond donors (Lipinski definition) is 1. The maximum absolute atomic E-state index is 12.6. The van der Waals surface area contributed by atoms with Crippen LogP contribution in [0.3, 0.4) is 0 Å². The van der Waals surface area contributed by atoms with E-state index in [1.54, 1.807) is 6.92 Å². The number of piperidine rings is 1. The summed E-state index contributed by atoms with van der Waals surface area (Å²) in [5.41, 5.74) is 8.20. The van der Waals surface area contributed by atoms with Gasteiger partial charge in [-0.3, -0.25) is 9.69 Å². The van der Waals surface area contributed by atoms with Gasteiger partial charge in [0, 0.05) is 25.2 Å². The fraction of sp³-hybridized carbons (Fsp3) is 0.636. The van der Waals surface area contributed by atoms with Crippen molar-refractivity contribution in [3.63, 3.8) is 0 Å². The van der Waals surface area contributed by atoms with E-state index >= 15 is 0 Å². The summed E-state index contributed by atoms with van der Waals surface area (Å²) in [6, 6.07) is 8.13. The molecule has 1 aromatic rings. The first kappa shape index (κ1) is 20.6. The molecule has 2 aliphatic rings. The largest absolute Gasteiger partial charge is 0.381 e. The number of nitrogens with two attached hydrogens (primary N) is 1. The molecule has 6 heteroatoms. The lowest BCUT2D eigenvalue weighted by molar-refractivity contribution is -0.142. The smallest absolute Gasteiger partial charge is 0.266 e. The zero-order valence-electron chi connectivity index (χ0n) is 17.1. The Morgan fingerprint density at radius 2 is 1.71 bits per heavy atom. The zero-order valence-corrected chi connectivity index (χ0v) is 17.1. The Hall–Kier alpha value is -2.08. The number of amides is 1. The van der Waals surface area contributed by atoms with Crippen LogP contribution in [0.15, 0.2) is 29.4 Å². The zero-order chi connectivity index (χ0) is 19.8. The van der Waals surface area contributed by atoms with Gasteiger partial charge in [0.05, 0.1) is 0 Å². The highest BCUT2D eigenvalue weighted by Crippen LogP contribution is 2.15. The predicted octanol–water partition coefficient (Wildman–Crippen LogP) is 3.10. The van der Waals surface area contributed by atoms with Crippen LogP contribution in [0.2, 0.25) is 0 Å². The summed E-state index contributed by atoms with van der Waals surface area (Å²) in [7, 11) is 0. The van der Waals surface area contributed by atoms with Gasteiger partial charge in [-0.1, -0.05) is 42.6 Å². The van der Waals surface area contributed by atoms with E-state index in [0.29, 0.717) is 5.84 Å². The Balaban J connectivity index is 1.56. The number of carbonyl (C=O) groups is 1. The first-order valence-corrected chi connectivity index (χ1v) is 10.7. The number of rotatable bonds is 6. The molecule has 2 aliphatic heterocycles. The summed E-state index contributed by atoms with van der Waals surface area (Å²) in [6.45, 7) is 6.62. The van der Waals surface area contributed by atoms with Gasteiger partial charge in [0.1, 0.15) is 0 Å². The van der Waals surface area contributed by atoms with Crippen molar-refractivity contribution >= 4 is 11.7 Å². The molecule has 2 saturated heterocycles. The lowest BCUT2D eigenvalue weighted by Crippen LogP contribution is -2.39. The second kappa shape index (κ2) is 10.5. The highest BCUT2D eigenvalue weighted by Gasteiger charge is 2.23. The monoisotopic (exact) mass is 386 g/mol. The summed E-state index contributed by atoms with van der Waals surface area (Å²) >= 11 is 0. The SMILES string of the molecule is CC(O/N=C(/N)c1cccc(CN2CCCCC2)c1)C(=O)N1CCCCCC1. The molecule has 1 amide bonds. The van der Waals surface area contributed by atoms with E-state index in [4.69, 9.17) is 10.6 Å². The Bertz CT molecular complexity index is 662. The van der Waals surface area contributed by atoms with Gasteiger partial charge in [0.15, 0.2) is 5.84 Å². The molecule has 1 unspecified atom stereocenters. The molecule has 0 bridgehead atoms. The molecule has 6 nitrogen and oxygen atoms in total. The molecule has 1 atom stereocenters. The summed E-state index contributed by atoms with van der Waals surface area (Å²) in [4.78, 5) is 22.4. The number of benzene rings is 1. The third-order valence-corrected chi connectivity index (χ3v) is 5.65. The van der Waals surface area contributed by atoms with E-state index in [1.807, 2.05) is 17.0 Å². The van der Waals surface area contributed by atoms with Crippen molar-refractivity contribution < 1.29 is 9.63 Å². The normalized spacial score (nSPS) is 20.5. The standard InChI is InChI=1S/C22H34N4O2/c1-18(22(27)26-14-7-2-3-8-15-26)28-24-21(23)20-11-9-10-19(16-20)17-25-12-5-4-6-13-25/h9-11,16,18H,2-8,12-15,17H2,1H3,(H2,23,24). The maximum Gasteiger partial charge on any atom is 0.266 e. The van der Waals surface area contributed by atoms with E-state index < -0.39 is 6.10 Å². The van der Waals surface area contributed by atoms with Crippen LogP contribution in [0.25, 0.3) is 0 Å². The summed E-state index contributed by atoms with van der Waals surface area (Å²) in [5.74, 6) is 0.313. The van der Waals surface area contributed by atoms with Gasteiger partial charge in [-0.2, -0.15) is 0 Å². The van der Waals surface area contributed by atoms with E-state index in [0.717, 1.165) is 51.1 Å². The molecule has 0 spiro atoms. The summed E-state index contributed by atoms with van der Waals surface area (Å²) < 4.78 is 0. The molecule has 28 heavy (non-hydrogen) atoms. The number of likely N-dealkylation sites (tertiary alicyclic amines) is 2. The summed E-state index contributed by atoms with van der Waals surface area (Å²) in [6.07, 6.45) is 7.78. The fourth-order valence-electron chi connectivity index (χ4n) is 3.99. The van der Waals surface area contributed by atoms with Crippen LogP contribution in [0.4, 0.5) is 0 Å². The van der Waals surface area contributed by atoms with Crippen LogP contribution < -0.4 is 5.73 Å². The quantitative estimate of drug-likeness (QED) is 0.463. The van der Waals surface area contributed by atoms with Crippen molar-refractivity contribution in [2.75, 3.05) is 26.2 Å². The Morgan fingerprint density at radius 3 is 2.43 bits per heavy atom. The van der Waals surface area contributed by atoms with Crippen molar-refractivity contribution in [1.82, 2.24) is 9.80 Å². The average molecular weight is 387 g/mol. The Morgan fingerprint density at radius 1 is 1.07 bits per heavy atom. The highest BCUT2D eigenvalue weighted by atomic mass is 16.6. The van der Waals surface area contributed by atoms with Crippen molar-refractivity contribution in [2.45, 2.75) is 64.5 Å². The molecule has 2 fully saturated rings. The van der Waals surface area contributed by atoms with Crippen molar-refractivity contribution in [3.05, 3.63) is 35.4 Å². The van der Waals surface area contributed by atoms with Crippen LogP contribution in [-0.2, 0) is 16.2 Å². The van der Waals surface area contributed by atoms with Gasteiger partial charge in [-0.15, -0.1) is 0 Å². The summed E-state index contributed by atoms with van der Waals surface area (Å²) in [5, 5.41) is 4.05. The molecule has 1 aromatic carbocycles. The molecule has 0 aliphatic carbocycles. The molecule has 0 saturated carbocycles. The van der Waals surface area contributed by atoms with Crippen LogP contribution in [0.5, 0.6) is 0 Å². The van der Waals surface area contributed by atoms with Gasteiger partial charge in [0.25, 0.3) is 5.91 Å². The molecule has 154 valence electrons. The second-order valence-corrected chi connectivity index (χ2v) is 8.00. The maximum atomic E-state index is 12.6. The van der Waals surface area contributed by atoms with Gasteiger partial charge in [-0.05, 0) is 57.3 Å². The van der Waals surface area contributed by atoms with E-state index in [1.165, 1.54) is 37.7 Å². The Kier molecular flexibility index (Phi) is 7.71. The molecule has 0 aromatic heterocycles. The minimum atomic E-state index is -0.617. The first-order chi connectivity index (χ1) is 13.6. The number of oxime groups is 1. The predicted molar refractivity (Wildman–Crippen MR) is 112 cm³/mol. The molecular weight excluding hydrogens is 352 g/mol. The van der Waals surface area contributed by atoms with Gasteiger partial charge in [0.2, 0.25) is 6.10 Å². The van der Waals surface area contributed by atoms with Crippen LogP contribution in [-0.4, -0.2) is 53.8 Å². The minimum Gasteiger partial charge on any atom is -0.381 e. The Labute approximate surface area is 168 Å². The van der Waals surface area contributed by atoms with Crippen molar-refractivity contribution in [1.29, 1.82) is 0 Å². The van der Waals surface area contributed by atoms with E-state index in [2.05, 4.69) is 22.2 Å². The number of carbonyl (C=O) groups excluding carboxylic acids is 1. The molecule has 2 N–H and O–H groups in total. The third kappa shape index (κ3) is 5.96. The van der Waals surface area contributed by atoms with Crippen molar-refractivity contribution in [2.24, 2.45) is 10.9 Å². The molecular formula is C22H34N4O2. The van der Waals surface area contributed by atoms with Crippen LogP contribution >= 0.6 is 0 Å². The van der Waals surface area contributed by atoms with Crippen molar-refractivity contribution in [3.8, 4) is 0 Å². The van der Waals surface area contributed by atoms with Gasteiger partial charge < -0.3 is 15.5 Å². The van der Waals surface area contributed by atoms with Gasteiger partial charge >= 0.3 is 0 Å². The number of nitrogens with zero attached hydrogens (tertiary/aromatic N) is 3. The van der Waals surface area contributed by atoms with Gasteiger partial charge in [-0.25, -0.2) is 0 Å². The van der Waals surface area contributed by atoms with Crippen LogP contribution in [0.1, 0.15) is 63.0 Å². The van der Waals surface area contributed by atoms with E-state index in [-0.39, 0.29) is 5.91 Å². The molecule has 0 radical (unpaired) electrons.